The quantitative estimate of drug-likeness (QED) is 0.619. The molecule has 0 aromatic heterocycles. The Balaban J connectivity index is 1.56. The number of benzene rings is 3. The first-order valence-electron chi connectivity index (χ1n) is 9.48. The first kappa shape index (κ1) is 17.9. The number of fused-ring (bicyclic) bond motifs is 3. The molecule has 1 saturated heterocycles. The van der Waals surface area contributed by atoms with E-state index in [0.29, 0.717) is 29.6 Å². The van der Waals surface area contributed by atoms with Crippen LogP contribution in [0.15, 0.2) is 54.6 Å². The van der Waals surface area contributed by atoms with E-state index < -0.39 is 0 Å². The van der Waals surface area contributed by atoms with Crippen molar-refractivity contribution in [3.05, 3.63) is 65.7 Å². The molecular weight excluding hydrogens is 384 g/mol. The maximum atomic E-state index is 13.4. The minimum Gasteiger partial charge on any atom is -0.493 e. The first-order valence-corrected chi connectivity index (χ1v) is 9.89. The molecule has 1 atom stereocenters. The third-order valence-electron chi connectivity index (χ3n) is 5.79. The molecular formula is C23H20N2O3S. The van der Waals surface area contributed by atoms with Gasteiger partial charge in [-0.2, -0.15) is 0 Å². The molecule has 1 amide bonds. The van der Waals surface area contributed by atoms with Gasteiger partial charge in [-0.3, -0.25) is 9.69 Å². The number of methoxy groups -OCH3 is 2. The van der Waals surface area contributed by atoms with Crippen LogP contribution >= 0.6 is 12.2 Å². The average molecular weight is 404 g/mol. The van der Waals surface area contributed by atoms with Crippen LogP contribution < -0.4 is 14.4 Å². The number of amides is 1. The van der Waals surface area contributed by atoms with Crippen LogP contribution in [0.25, 0.3) is 10.8 Å². The lowest BCUT2D eigenvalue weighted by Crippen LogP contribution is -2.40. The molecule has 1 unspecified atom stereocenters. The lowest BCUT2D eigenvalue weighted by atomic mass is 9.94. The Morgan fingerprint density at radius 2 is 1.66 bits per heavy atom. The van der Waals surface area contributed by atoms with Crippen molar-refractivity contribution in [2.75, 3.05) is 19.1 Å². The Morgan fingerprint density at radius 3 is 2.41 bits per heavy atom. The van der Waals surface area contributed by atoms with Gasteiger partial charge in [-0.25, -0.2) is 0 Å². The summed E-state index contributed by atoms with van der Waals surface area (Å²) in [5.41, 5.74) is 3.04. The van der Waals surface area contributed by atoms with Gasteiger partial charge in [-0.05, 0) is 46.9 Å². The zero-order chi connectivity index (χ0) is 20.1. The highest BCUT2D eigenvalue weighted by molar-refractivity contribution is 7.80. The van der Waals surface area contributed by atoms with Crippen LogP contribution in [0.4, 0.5) is 5.69 Å². The minimum absolute atomic E-state index is 0.0202. The van der Waals surface area contributed by atoms with E-state index in [-0.39, 0.29) is 11.9 Å². The fraction of sp³-hybridized carbons (Fsp3) is 0.217. The number of hydrogen-bond acceptors (Lipinski definition) is 4. The number of carbonyl (C=O) groups excluding carboxylic acids is 1. The molecule has 2 aliphatic rings. The Kier molecular flexibility index (Phi) is 4.17. The van der Waals surface area contributed by atoms with Crippen LogP contribution in [-0.2, 0) is 17.8 Å². The van der Waals surface area contributed by atoms with Crippen molar-refractivity contribution in [1.82, 2.24) is 4.90 Å². The third kappa shape index (κ3) is 2.67. The first-order chi connectivity index (χ1) is 14.1. The molecule has 0 aliphatic carbocycles. The van der Waals surface area contributed by atoms with Crippen molar-refractivity contribution < 1.29 is 14.3 Å². The number of thiocarbonyl (C=S) groups is 1. The highest BCUT2D eigenvalue weighted by Crippen LogP contribution is 2.39. The Morgan fingerprint density at radius 1 is 0.966 bits per heavy atom. The standard InChI is InChI=1S/C23H20N2O3S/c1-27-20-11-15-10-19-22(26)25(18-9-5-7-14-6-3-4-8-17(14)18)23(29)24(19)13-16(15)12-21(20)28-2/h3-9,11-12,19H,10,13H2,1-2H3. The van der Waals surface area contributed by atoms with Gasteiger partial charge in [0.1, 0.15) is 6.04 Å². The minimum atomic E-state index is -0.299. The van der Waals surface area contributed by atoms with Crippen LogP contribution in [0.1, 0.15) is 11.1 Å². The summed E-state index contributed by atoms with van der Waals surface area (Å²) >= 11 is 5.77. The monoisotopic (exact) mass is 404 g/mol. The second-order valence-corrected chi connectivity index (χ2v) is 7.64. The van der Waals surface area contributed by atoms with E-state index in [2.05, 4.69) is 0 Å². The number of ether oxygens (including phenoxy) is 2. The molecule has 0 N–H and O–H groups in total. The van der Waals surface area contributed by atoms with Gasteiger partial charge in [-0.1, -0.05) is 36.4 Å². The molecule has 5 nitrogen and oxygen atoms in total. The number of anilines is 1. The fourth-order valence-electron chi connectivity index (χ4n) is 4.33. The van der Waals surface area contributed by atoms with E-state index in [1.807, 2.05) is 59.5 Å². The number of rotatable bonds is 3. The van der Waals surface area contributed by atoms with E-state index in [1.165, 1.54) is 0 Å². The zero-order valence-corrected chi connectivity index (χ0v) is 17.0. The third-order valence-corrected chi connectivity index (χ3v) is 6.20. The summed E-state index contributed by atoms with van der Waals surface area (Å²) in [4.78, 5) is 17.1. The van der Waals surface area contributed by atoms with Crippen molar-refractivity contribution in [3.63, 3.8) is 0 Å². The summed E-state index contributed by atoms with van der Waals surface area (Å²) in [7, 11) is 3.25. The van der Waals surface area contributed by atoms with Crippen LogP contribution in [0, 0.1) is 0 Å². The number of nitrogens with zero attached hydrogens (tertiary/aromatic N) is 2. The van der Waals surface area contributed by atoms with Crippen LogP contribution in [-0.4, -0.2) is 36.2 Å². The van der Waals surface area contributed by atoms with Gasteiger partial charge in [0.2, 0.25) is 0 Å². The molecule has 0 bridgehead atoms. The Hall–Kier alpha value is -3.12. The summed E-state index contributed by atoms with van der Waals surface area (Å²) in [6.45, 7) is 0.576. The van der Waals surface area contributed by atoms with Crippen molar-refractivity contribution in [1.29, 1.82) is 0 Å². The zero-order valence-electron chi connectivity index (χ0n) is 16.2. The topological polar surface area (TPSA) is 42.0 Å². The summed E-state index contributed by atoms with van der Waals surface area (Å²) < 4.78 is 10.9. The molecule has 5 rings (SSSR count). The van der Waals surface area contributed by atoms with Crippen LogP contribution in [0.2, 0.25) is 0 Å². The molecule has 29 heavy (non-hydrogen) atoms. The number of carbonyl (C=O) groups is 1. The van der Waals surface area contributed by atoms with E-state index in [0.717, 1.165) is 27.6 Å². The van der Waals surface area contributed by atoms with Crippen molar-refractivity contribution in [3.8, 4) is 11.5 Å². The molecule has 0 radical (unpaired) electrons. The van der Waals surface area contributed by atoms with Crippen LogP contribution in [0.5, 0.6) is 11.5 Å². The van der Waals surface area contributed by atoms with E-state index >= 15 is 0 Å². The van der Waals surface area contributed by atoms with Gasteiger partial charge in [-0.15, -0.1) is 0 Å². The second kappa shape index (κ2) is 6.74. The van der Waals surface area contributed by atoms with Gasteiger partial charge in [0.25, 0.3) is 5.91 Å². The molecule has 2 heterocycles. The van der Waals surface area contributed by atoms with Crippen LogP contribution in [0.3, 0.4) is 0 Å². The van der Waals surface area contributed by atoms with Crippen molar-refractivity contribution in [2.45, 2.75) is 19.0 Å². The normalized spacial score (nSPS) is 18.1. The van der Waals surface area contributed by atoms with Gasteiger partial charge >= 0.3 is 0 Å². The van der Waals surface area contributed by atoms with Crippen molar-refractivity contribution in [2.24, 2.45) is 0 Å². The summed E-state index contributed by atoms with van der Waals surface area (Å²) in [5.74, 6) is 1.39. The summed E-state index contributed by atoms with van der Waals surface area (Å²) in [5, 5.41) is 2.66. The fourth-order valence-corrected chi connectivity index (χ4v) is 4.71. The van der Waals surface area contributed by atoms with E-state index in [9.17, 15) is 4.79 Å². The van der Waals surface area contributed by atoms with Gasteiger partial charge < -0.3 is 14.4 Å². The Bertz CT molecular complexity index is 1100. The van der Waals surface area contributed by atoms with E-state index in [4.69, 9.17) is 21.7 Å². The maximum Gasteiger partial charge on any atom is 0.256 e. The molecule has 1 fully saturated rings. The predicted octanol–water partition coefficient (Wildman–Crippen LogP) is 3.92. The molecule has 3 aromatic carbocycles. The average Bonchev–Trinajstić information content (AvgIpc) is 3.00. The molecule has 0 saturated carbocycles. The number of hydrogen-bond donors (Lipinski definition) is 0. The van der Waals surface area contributed by atoms with Gasteiger partial charge in [0.05, 0.1) is 19.9 Å². The predicted molar refractivity (Wildman–Crippen MR) is 117 cm³/mol. The van der Waals surface area contributed by atoms with Gasteiger partial charge in [0.15, 0.2) is 16.6 Å². The van der Waals surface area contributed by atoms with Crippen molar-refractivity contribution >= 4 is 39.7 Å². The summed E-state index contributed by atoms with van der Waals surface area (Å²) in [6.07, 6.45) is 0.593. The lowest BCUT2D eigenvalue weighted by molar-refractivity contribution is -0.119. The maximum absolute atomic E-state index is 13.4. The largest absolute Gasteiger partial charge is 0.493 e. The molecule has 6 heteroatoms. The molecule has 0 spiro atoms. The molecule has 146 valence electrons. The lowest BCUT2D eigenvalue weighted by Gasteiger charge is -2.31. The SMILES string of the molecule is COc1cc2c(cc1OC)CN1C(=S)N(c3cccc4ccccc34)C(=O)C1C2. The summed E-state index contributed by atoms with van der Waals surface area (Å²) in [6, 6.07) is 17.7. The molecule has 2 aliphatic heterocycles. The highest BCUT2D eigenvalue weighted by Gasteiger charge is 2.46. The van der Waals surface area contributed by atoms with E-state index in [1.54, 1.807) is 19.1 Å². The highest BCUT2D eigenvalue weighted by atomic mass is 32.1. The molecule has 3 aromatic rings. The second-order valence-electron chi connectivity index (χ2n) is 7.28. The smallest absolute Gasteiger partial charge is 0.256 e. The van der Waals surface area contributed by atoms with Gasteiger partial charge in [0, 0.05) is 18.4 Å². The Labute approximate surface area is 174 Å².